The van der Waals surface area contributed by atoms with Crippen molar-refractivity contribution in [2.45, 2.75) is 36.7 Å². The monoisotopic (exact) mass is 306 g/mol. The van der Waals surface area contributed by atoms with Crippen molar-refractivity contribution in [1.82, 2.24) is 5.32 Å². The van der Waals surface area contributed by atoms with Gasteiger partial charge in [-0.3, -0.25) is 0 Å². The summed E-state index contributed by atoms with van der Waals surface area (Å²) >= 11 is 1.69. The lowest BCUT2D eigenvalue weighted by Crippen LogP contribution is -2.31. The van der Waals surface area contributed by atoms with Crippen molar-refractivity contribution in [1.29, 1.82) is 5.26 Å². The maximum atomic E-state index is 9.15. The first-order valence-electron chi connectivity index (χ1n) is 7.15. The Hall–Kier alpha value is -1.38. The van der Waals surface area contributed by atoms with Gasteiger partial charge in [-0.15, -0.1) is 11.8 Å². The van der Waals surface area contributed by atoms with Gasteiger partial charge in [-0.05, 0) is 36.8 Å². The Balaban J connectivity index is 2.13. The van der Waals surface area contributed by atoms with Crippen molar-refractivity contribution in [3.05, 3.63) is 17.7 Å². The van der Waals surface area contributed by atoms with Gasteiger partial charge in [-0.2, -0.15) is 5.26 Å². The fourth-order valence-corrected chi connectivity index (χ4v) is 3.45. The van der Waals surface area contributed by atoms with Crippen LogP contribution in [0.5, 0.6) is 11.5 Å². The lowest BCUT2D eigenvalue weighted by molar-refractivity contribution is 0.353. The van der Waals surface area contributed by atoms with Gasteiger partial charge >= 0.3 is 0 Å². The summed E-state index contributed by atoms with van der Waals surface area (Å²) in [5.41, 5.74) is 1.18. The smallest absolute Gasteiger partial charge is 0.161 e. The number of hydrogen-bond acceptors (Lipinski definition) is 5. The Labute approximate surface area is 130 Å². The van der Waals surface area contributed by atoms with Gasteiger partial charge in [-0.1, -0.05) is 6.42 Å². The van der Waals surface area contributed by atoms with Crippen LogP contribution in [0.3, 0.4) is 0 Å². The normalized spacial score (nSPS) is 21.0. The van der Waals surface area contributed by atoms with Crippen LogP contribution in [0.4, 0.5) is 0 Å². The highest BCUT2D eigenvalue weighted by atomic mass is 32.2. The van der Waals surface area contributed by atoms with E-state index in [1.54, 1.807) is 26.0 Å². The molecule has 1 aliphatic carbocycles. The van der Waals surface area contributed by atoms with Crippen LogP contribution in [-0.2, 0) is 6.54 Å². The van der Waals surface area contributed by atoms with Crippen molar-refractivity contribution in [2.24, 2.45) is 5.92 Å². The molecule has 2 unspecified atom stereocenters. The standard InChI is InChI=1S/C16H22N2O2S/c1-19-14-7-12(16(21-3)8-15(14)20-2)10-18-13-6-4-5-11(13)9-17/h7-8,11,13,18H,4-6,10H2,1-3H3. The molecule has 4 nitrogen and oxygen atoms in total. The Morgan fingerprint density at radius 3 is 2.62 bits per heavy atom. The Morgan fingerprint density at radius 1 is 1.29 bits per heavy atom. The molecule has 114 valence electrons. The summed E-state index contributed by atoms with van der Waals surface area (Å²) in [6.45, 7) is 0.749. The van der Waals surface area contributed by atoms with Gasteiger partial charge < -0.3 is 14.8 Å². The van der Waals surface area contributed by atoms with Gasteiger partial charge in [0.2, 0.25) is 0 Å². The van der Waals surface area contributed by atoms with Gasteiger partial charge in [0.05, 0.1) is 26.2 Å². The van der Waals surface area contributed by atoms with Crippen molar-refractivity contribution < 1.29 is 9.47 Å². The second-order valence-corrected chi connectivity index (χ2v) is 6.02. The summed E-state index contributed by atoms with van der Waals surface area (Å²) < 4.78 is 10.7. The van der Waals surface area contributed by atoms with Crippen LogP contribution in [0, 0.1) is 17.2 Å². The fourth-order valence-electron chi connectivity index (χ4n) is 2.83. The van der Waals surface area contributed by atoms with E-state index >= 15 is 0 Å². The minimum atomic E-state index is 0.142. The molecule has 21 heavy (non-hydrogen) atoms. The zero-order valence-corrected chi connectivity index (χ0v) is 13.6. The second kappa shape index (κ2) is 7.58. The highest BCUT2D eigenvalue weighted by Crippen LogP contribution is 2.35. The number of nitriles is 1. The SMILES string of the molecule is COc1cc(CNC2CCCC2C#N)c(SC)cc1OC. The first kappa shape index (κ1) is 16.0. The third-order valence-electron chi connectivity index (χ3n) is 4.02. The molecule has 0 spiro atoms. The molecule has 0 aromatic heterocycles. The molecule has 0 saturated heterocycles. The van der Waals surface area contributed by atoms with Crippen molar-refractivity contribution in [3.63, 3.8) is 0 Å². The molecule has 1 saturated carbocycles. The molecule has 1 N–H and O–H groups in total. The number of nitrogens with one attached hydrogen (secondary N) is 1. The molecular formula is C16H22N2O2S. The van der Waals surface area contributed by atoms with Crippen LogP contribution in [0.1, 0.15) is 24.8 Å². The molecule has 1 aromatic rings. The Kier molecular flexibility index (Phi) is 5.77. The van der Waals surface area contributed by atoms with E-state index in [2.05, 4.69) is 17.6 Å². The third kappa shape index (κ3) is 3.63. The molecule has 0 amide bonds. The summed E-state index contributed by atoms with van der Waals surface area (Å²) in [6.07, 6.45) is 5.28. The van der Waals surface area contributed by atoms with E-state index in [1.807, 2.05) is 12.1 Å². The predicted octanol–water partition coefficient (Wildman–Crippen LogP) is 3.21. The maximum Gasteiger partial charge on any atom is 0.161 e. The number of nitrogens with zero attached hydrogens (tertiary/aromatic N) is 1. The van der Waals surface area contributed by atoms with E-state index in [-0.39, 0.29) is 5.92 Å². The number of ether oxygens (including phenoxy) is 2. The van der Waals surface area contributed by atoms with Gasteiger partial charge in [0.1, 0.15) is 0 Å². The summed E-state index contributed by atoms with van der Waals surface area (Å²) in [5, 5.41) is 12.7. The highest BCUT2D eigenvalue weighted by Gasteiger charge is 2.26. The van der Waals surface area contributed by atoms with Gasteiger partial charge in [-0.25, -0.2) is 0 Å². The molecule has 0 heterocycles. The fraction of sp³-hybridized carbons (Fsp3) is 0.562. The third-order valence-corrected chi connectivity index (χ3v) is 4.84. The average molecular weight is 306 g/mol. The minimum absolute atomic E-state index is 0.142. The lowest BCUT2D eigenvalue weighted by Gasteiger charge is -2.18. The molecule has 1 aromatic carbocycles. The molecule has 2 rings (SSSR count). The van der Waals surface area contributed by atoms with Crippen LogP contribution in [0.25, 0.3) is 0 Å². The van der Waals surface area contributed by atoms with E-state index in [1.165, 1.54) is 10.5 Å². The van der Waals surface area contributed by atoms with E-state index in [0.29, 0.717) is 6.04 Å². The zero-order valence-electron chi connectivity index (χ0n) is 12.8. The molecule has 0 bridgehead atoms. The molecular weight excluding hydrogens is 284 g/mol. The van der Waals surface area contributed by atoms with Gasteiger partial charge in [0, 0.05) is 17.5 Å². The highest BCUT2D eigenvalue weighted by molar-refractivity contribution is 7.98. The molecule has 1 fully saturated rings. The van der Waals surface area contributed by atoms with Crippen molar-refractivity contribution in [3.8, 4) is 17.6 Å². The number of thioether (sulfide) groups is 1. The van der Waals surface area contributed by atoms with Gasteiger partial charge in [0.25, 0.3) is 0 Å². The average Bonchev–Trinajstić information content (AvgIpc) is 2.99. The summed E-state index contributed by atoms with van der Waals surface area (Å²) in [4.78, 5) is 1.17. The van der Waals surface area contributed by atoms with Crippen LogP contribution in [0.15, 0.2) is 17.0 Å². The summed E-state index contributed by atoms with van der Waals surface area (Å²) in [5.74, 6) is 1.64. The number of benzene rings is 1. The van der Waals surface area contributed by atoms with E-state index in [9.17, 15) is 0 Å². The first-order chi connectivity index (χ1) is 10.2. The number of rotatable bonds is 6. The molecule has 0 radical (unpaired) electrons. The minimum Gasteiger partial charge on any atom is -0.493 e. The van der Waals surface area contributed by atoms with Crippen LogP contribution >= 0.6 is 11.8 Å². The first-order valence-corrected chi connectivity index (χ1v) is 8.37. The number of hydrogen-bond donors (Lipinski definition) is 1. The van der Waals surface area contributed by atoms with E-state index < -0.39 is 0 Å². The second-order valence-electron chi connectivity index (χ2n) is 5.17. The molecule has 1 aliphatic rings. The maximum absolute atomic E-state index is 9.15. The lowest BCUT2D eigenvalue weighted by atomic mass is 10.1. The van der Waals surface area contributed by atoms with E-state index in [0.717, 1.165) is 37.3 Å². The summed E-state index contributed by atoms with van der Waals surface area (Å²) in [6, 6.07) is 6.74. The van der Waals surface area contributed by atoms with Crippen LogP contribution < -0.4 is 14.8 Å². The Morgan fingerprint density at radius 2 is 2.00 bits per heavy atom. The quantitative estimate of drug-likeness (QED) is 0.818. The van der Waals surface area contributed by atoms with Crippen molar-refractivity contribution in [2.75, 3.05) is 20.5 Å². The predicted molar refractivity (Wildman–Crippen MR) is 84.9 cm³/mol. The topological polar surface area (TPSA) is 54.3 Å². The van der Waals surface area contributed by atoms with Crippen LogP contribution in [-0.4, -0.2) is 26.5 Å². The Bertz CT molecular complexity index is 528. The van der Waals surface area contributed by atoms with Gasteiger partial charge in [0.15, 0.2) is 11.5 Å². The summed E-state index contributed by atoms with van der Waals surface area (Å²) in [7, 11) is 3.30. The largest absolute Gasteiger partial charge is 0.493 e. The van der Waals surface area contributed by atoms with E-state index in [4.69, 9.17) is 14.7 Å². The zero-order chi connectivity index (χ0) is 15.2. The molecule has 0 aliphatic heterocycles. The number of methoxy groups -OCH3 is 2. The molecule has 2 atom stereocenters. The van der Waals surface area contributed by atoms with Crippen molar-refractivity contribution >= 4 is 11.8 Å². The van der Waals surface area contributed by atoms with Crippen LogP contribution in [0.2, 0.25) is 0 Å². The molecule has 5 heteroatoms.